The highest BCUT2D eigenvalue weighted by Crippen LogP contribution is 2.13. The fourth-order valence-electron chi connectivity index (χ4n) is 1.91. The summed E-state index contributed by atoms with van der Waals surface area (Å²) < 4.78 is 5.37. The number of hydrogen-bond donors (Lipinski definition) is 0. The molecule has 0 radical (unpaired) electrons. The molecule has 1 unspecified atom stereocenters. The summed E-state index contributed by atoms with van der Waals surface area (Å²) >= 11 is 3.46. The normalized spacial score (nSPS) is 22.1. The standard InChI is InChI=1S/C11H22BrNO/c1-13(7-4-2-3-6-12)9-11-5-8-14-10-11/h11H,2-10H2,1H3. The molecule has 0 aliphatic carbocycles. The Morgan fingerprint density at radius 3 is 2.86 bits per heavy atom. The van der Waals surface area contributed by atoms with Crippen molar-refractivity contribution in [2.45, 2.75) is 25.7 Å². The second-order valence-electron chi connectivity index (χ2n) is 4.24. The molecule has 14 heavy (non-hydrogen) atoms. The molecule has 0 bridgehead atoms. The molecule has 0 N–H and O–H groups in total. The van der Waals surface area contributed by atoms with Crippen molar-refractivity contribution in [1.29, 1.82) is 0 Å². The molecule has 1 aliphatic heterocycles. The third kappa shape index (κ3) is 5.32. The van der Waals surface area contributed by atoms with Gasteiger partial charge in [0.05, 0.1) is 6.61 Å². The average Bonchev–Trinajstić information content (AvgIpc) is 2.65. The first kappa shape index (κ1) is 12.5. The molecule has 1 saturated heterocycles. The lowest BCUT2D eigenvalue weighted by Crippen LogP contribution is -2.26. The molecular weight excluding hydrogens is 242 g/mol. The first-order valence-electron chi connectivity index (χ1n) is 5.65. The molecule has 0 amide bonds. The molecule has 1 rings (SSSR count). The second-order valence-corrected chi connectivity index (χ2v) is 5.03. The lowest BCUT2D eigenvalue weighted by atomic mass is 10.1. The van der Waals surface area contributed by atoms with Crippen molar-refractivity contribution >= 4 is 15.9 Å². The average molecular weight is 264 g/mol. The minimum atomic E-state index is 0.788. The van der Waals surface area contributed by atoms with Crippen molar-refractivity contribution in [2.75, 3.05) is 38.7 Å². The van der Waals surface area contributed by atoms with Gasteiger partial charge in [-0.3, -0.25) is 0 Å². The highest BCUT2D eigenvalue weighted by Gasteiger charge is 2.16. The first-order chi connectivity index (χ1) is 6.83. The number of ether oxygens (including phenoxy) is 1. The van der Waals surface area contributed by atoms with Crippen LogP contribution in [-0.4, -0.2) is 43.6 Å². The van der Waals surface area contributed by atoms with Gasteiger partial charge in [0.2, 0.25) is 0 Å². The van der Waals surface area contributed by atoms with E-state index in [9.17, 15) is 0 Å². The maximum atomic E-state index is 5.37. The number of alkyl halides is 1. The van der Waals surface area contributed by atoms with E-state index >= 15 is 0 Å². The van der Waals surface area contributed by atoms with Crippen LogP contribution in [0.1, 0.15) is 25.7 Å². The lowest BCUT2D eigenvalue weighted by Gasteiger charge is -2.19. The quantitative estimate of drug-likeness (QED) is 0.517. The molecular formula is C11H22BrNO. The van der Waals surface area contributed by atoms with Gasteiger partial charge < -0.3 is 9.64 Å². The van der Waals surface area contributed by atoms with Gasteiger partial charge in [-0.15, -0.1) is 0 Å². The van der Waals surface area contributed by atoms with Gasteiger partial charge in [-0.05, 0) is 38.8 Å². The Morgan fingerprint density at radius 2 is 2.21 bits per heavy atom. The Kier molecular flexibility index (Phi) is 6.82. The lowest BCUT2D eigenvalue weighted by molar-refractivity contribution is 0.173. The minimum Gasteiger partial charge on any atom is -0.381 e. The zero-order chi connectivity index (χ0) is 10.2. The maximum absolute atomic E-state index is 5.37. The van der Waals surface area contributed by atoms with Crippen LogP contribution in [0.4, 0.5) is 0 Å². The third-order valence-electron chi connectivity index (χ3n) is 2.77. The summed E-state index contributed by atoms with van der Waals surface area (Å²) in [7, 11) is 2.23. The van der Waals surface area contributed by atoms with E-state index in [1.165, 1.54) is 38.8 Å². The Balaban J connectivity index is 1.95. The largest absolute Gasteiger partial charge is 0.381 e. The summed E-state index contributed by atoms with van der Waals surface area (Å²) in [6.07, 6.45) is 5.23. The van der Waals surface area contributed by atoms with Crippen molar-refractivity contribution in [3.05, 3.63) is 0 Å². The molecule has 1 aliphatic rings. The fraction of sp³-hybridized carbons (Fsp3) is 1.00. The van der Waals surface area contributed by atoms with Crippen molar-refractivity contribution in [3.8, 4) is 0 Å². The van der Waals surface area contributed by atoms with Gasteiger partial charge in [-0.2, -0.15) is 0 Å². The Labute approximate surface area is 96.1 Å². The third-order valence-corrected chi connectivity index (χ3v) is 3.33. The number of halogens is 1. The zero-order valence-electron chi connectivity index (χ0n) is 9.17. The number of unbranched alkanes of at least 4 members (excludes halogenated alkanes) is 2. The summed E-state index contributed by atoms with van der Waals surface area (Å²) in [5.41, 5.74) is 0. The number of hydrogen-bond acceptors (Lipinski definition) is 2. The van der Waals surface area contributed by atoms with Gasteiger partial charge in [0.15, 0.2) is 0 Å². The summed E-state index contributed by atoms with van der Waals surface area (Å²) in [5, 5.41) is 1.15. The predicted octanol–water partition coefficient (Wildman–Crippen LogP) is 2.52. The van der Waals surface area contributed by atoms with Crippen molar-refractivity contribution in [3.63, 3.8) is 0 Å². The van der Waals surface area contributed by atoms with Crippen LogP contribution in [0.5, 0.6) is 0 Å². The molecule has 0 aromatic heterocycles. The van der Waals surface area contributed by atoms with Gasteiger partial charge in [0.1, 0.15) is 0 Å². The van der Waals surface area contributed by atoms with E-state index in [1.54, 1.807) is 0 Å². The zero-order valence-corrected chi connectivity index (χ0v) is 10.8. The number of rotatable bonds is 7. The van der Waals surface area contributed by atoms with Gasteiger partial charge in [0, 0.05) is 18.5 Å². The highest BCUT2D eigenvalue weighted by molar-refractivity contribution is 9.09. The topological polar surface area (TPSA) is 12.5 Å². The van der Waals surface area contributed by atoms with Crippen molar-refractivity contribution < 1.29 is 4.74 Å². The Hall–Kier alpha value is 0.400. The molecule has 1 atom stereocenters. The predicted molar refractivity (Wildman–Crippen MR) is 64.1 cm³/mol. The molecule has 0 spiro atoms. The highest BCUT2D eigenvalue weighted by atomic mass is 79.9. The summed E-state index contributed by atoms with van der Waals surface area (Å²) in [6.45, 7) is 4.41. The second kappa shape index (κ2) is 7.66. The van der Waals surface area contributed by atoms with E-state index in [4.69, 9.17) is 4.74 Å². The van der Waals surface area contributed by atoms with Crippen molar-refractivity contribution in [1.82, 2.24) is 4.90 Å². The van der Waals surface area contributed by atoms with Gasteiger partial charge in [-0.25, -0.2) is 0 Å². The fourth-order valence-corrected chi connectivity index (χ4v) is 2.31. The summed E-state index contributed by atoms with van der Waals surface area (Å²) in [4.78, 5) is 2.45. The Bertz CT molecular complexity index is 137. The van der Waals surface area contributed by atoms with E-state index in [2.05, 4.69) is 27.9 Å². The Morgan fingerprint density at radius 1 is 1.36 bits per heavy atom. The van der Waals surface area contributed by atoms with Crippen LogP contribution in [0, 0.1) is 5.92 Å². The van der Waals surface area contributed by atoms with Crippen LogP contribution in [0.25, 0.3) is 0 Å². The monoisotopic (exact) mass is 263 g/mol. The van der Waals surface area contributed by atoms with Crippen LogP contribution in [-0.2, 0) is 4.74 Å². The van der Waals surface area contributed by atoms with Crippen LogP contribution >= 0.6 is 15.9 Å². The molecule has 2 nitrogen and oxygen atoms in total. The first-order valence-corrected chi connectivity index (χ1v) is 6.77. The van der Waals surface area contributed by atoms with E-state index in [0.717, 1.165) is 24.5 Å². The molecule has 1 heterocycles. The van der Waals surface area contributed by atoms with E-state index < -0.39 is 0 Å². The minimum absolute atomic E-state index is 0.788. The molecule has 84 valence electrons. The van der Waals surface area contributed by atoms with Crippen LogP contribution in [0.3, 0.4) is 0 Å². The molecule has 0 aromatic rings. The maximum Gasteiger partial charge on any atom is 0.0507 e. The molecule has 3 heteroatoms. The van der Waals surface area contributed by atoms with Gasteiger partial charge >= 0.3 is 0 Å². The molecule has 1 fully saturated rings. The van der Waals surface area contributed by atoms with E-state index in [0.29, 0.717) is 0 Å². The van der Waals surface area contributed by atoms with Gasteiger partial charge in [0.25, 0.3) is 0 Å². The summed E-state index contributed by atoms with van der Waals surface area (Å²) in [6, 6.07) is 0. The van der Waals surface area contributed by atoms with Crippen LogP contribution in [0.2, 0.25) is 0 Å². The summed E-state index contributed by atoms with van der Waals surface area (Å²) in [5.74, 6) is 0.788. The van der Waals surface area contributed by atoms with E-state index in [1.807, 2.05) is 0 Å². The van der Waals surface area contributed by atoms with E-state index in [-0.39, 0.29) is 0 Å². The molecule has 0 saturated carbocycles. The van der Waals surface area contributed by atoms with Crippen molar-refractivity contribution in [2.24, 2.45) is 5.92 Å². The SMILES string of the molecule is CN(CCCCCBr)CC1CCOC1. The van der Waals surface area contributed by atoms with Crippen LogP contribution < -0.4 is 0 Å². The van der Waals surface area contributed by atoms with Crippen LogP contribution in [0.15, 0.2) is 0 Å². The smallest absolute Gasteiger partial charge is 0.0507 e. The van der Waals surface area contributed by atoms with Gasteiger partial charge in [-0.1, -0.05) is 22.4 Å². The molecule has 0 aromatic carbocycles. The number of nitrogens with zero attached hydrogens (tertiary/aromatic N) is 1.